The van der Waals surface area contributed by atoms with E-state index in [-0.39, 0.29) is 11.6 Å². The van der Waals surface area contributed by atoms with E-state index in [0.717, 1.165) is 64.6 Å². The Bertz CT molecular complexity index is 1190. The number of carbonyl (C=O) groups excluding carboxylic acids is 1. The SMILES string of the molecule is Cc1cc(OC(=O)c2cc(I)cc(I)c2I)c(C)c2c1OC(C)(CCCC(C)CCCC(C)CCCC(C)C)CC2. The van der Waals surface area contributed by atoms with Crippen molar-refractivity contribution >= 4 is 73.7 Å². The van der Waals surface area contributed by atoms with Gasteiger partial charge in [-0.2, -0.15) is 0 Å². The van der Waals surface area contributed by atoms with Gasteiger partial charge < -0.3 is 9.47 Å². The van der Waals surface area contributed by atoms with E-state index in [9.17, 15) is 4.79 Å². The number of hydrogen-bond donors (Lipinski definition) is 0. The first kappa shape index (κ1) is 35.4. The molecule has 0 aliphatic carbocycles. The second-order valence-corrected chi connectivity index (χ2v) is 16.7. The van der Waals surface area contributed by atoms with Crippen molar-refractivity contribution in [2.45, 2.75) is 125 Å². The predicted molar refractivity (Wildman–Crippen MR) is 198 cm³/mol. The molecule has 6 heteroatoms. The molecule has 228 valence electrons. The highest BCUT2D eigenvalue weighted by Crippen LogP contribution is 2.43. The highest BCUT2D eigenvalue weighted by molar-refractivity contribution is 14.1. The highest BCUT2D eigenvalue weighted by atomic mass is 127. The van der Waals surface area contributed by atoms with Crippen molar-refractivity contribution in [1.29, 1.82) is 0 Å². The summed E-state index contributed by atoms with van der Waals surface area (Å²) in [5.41, 5.74) is 3.73. The minimum atomic E-state index is -0.301. The van der Waals surface area contributed by atoms with Crippen LogP contribution in [0, 0.1) is 42.3 Å². The van der Waals surface area contributed by atoms with Crippen molar-refractivity contribution in [3.63, 3.8) is 0 Å². The molecule has 0 N–H and O–H groups in total. The fourth-order valence-electron chi connectivity index (χ4n) is 6.00. The quantitative estimate of drug-likeness (QED) is 0.0820. The maximum atomic E-state index is 13.1. The molecule has 0 bridgehead atoms. The number of ether oxygens (including phenoxy) is 2. The number of benzene rings is 2. The zero-order valence-electron chi connectivity index (χ0n) is 26.1. The summed E-state index contributed by atoms with van der Waals surface area (Å²) in [5, 5.41) is 0. The Hall–Kier alpha value is -0.100. The van der Waals surface area contributed by atoms with Gasteiger partial charge in [0.05, 0.1) is 5.56 Å². The van der Waals surface area contributed by atoms with E-state index < -0.39 is 0 Å². The Balaban J connectivity index is 1.53. The third-order valence-electron chi connectivity index (χ3n) is 8.74. The molecule has 1 aliphatic rings. The molecule has 3 atom stereocenters. The van der Waals surface area contributed by atoms with Crippen LogP contribution < -0.4 is 9.47 Å². The molecule has 1 heterocycles. The summed E-state index contributed by atoms with van der Waals surface area (Å²) in [6.45, 7) is 15.9. The minimum absolute atomic E-state index is 0.138. The van der Waals surface area contributed by atoms with E-state index in [1.807, 2.05) is 12.1 Å². The average Bonchev–Trinajstić information content (AvgIpc) is 2.88. The van der Waals surface area contributed by atoms with Crippen molar-refractivity contribution < 1.29 is 14.3 Å². The summed E-state index contributed by atoms with van der Waals surface area (Å²) in [7, 11) is 0. The smallest absolute Gasteiger partial charge is 0.344 e. The van der Waals surface area contributed by atoms with Gasteiger partial charge in [-0.1, -0.05) is 72.6 Å². The number of fused-ring (bicyclic) bond motifs is 1. The van der Waals surface area contributed by atoms with Gasteiger partial charge in [-0.05, 0) is 161 Å². The summed E-state index contributed by atoms with van der Waals surface area (Å²) < 4.78 is 15.7. The van der Waals surface area contributed by atoms with Crippen molar-refractivity contribution in [2.24, 2.45) is 17.8 Å². The number of rotatable bonds is 14. The highest BCUT2D eigenvalue weighted by Gasteiger charge is 2.34. The Morgan fingerprint density at radius 2 is 1.54 bits per heavy atom. The lowest BCUT2D eigenvalue weighted by atomic mass is 9.84. The van der Waals surface area contributed by atoms with Gasteiger partial charge in [0.25, 0.3) is 0 Å². The summed E-state index contributed by atoms with van der Waals surface area (Å²) in [5.74, 6) is 3.81. The van der Waals surface area contributed by atoms with Crippen molar-refractivity contribution in [2.75, 3.05) is 0 Å². The van der Waals surface area contributed by atoms with Gasteiger partial charge in [-0.25, -0.2) is 4.79 Å². The van der Waals surface area contributed by atoms with Crippen molar-refractivity contribution in [1.82, 2.24) is 0 Å². The van der Waals surface area contributed by atoms with Crippen molar-refractivity contribution in [3.05, 3.63) is 51.2 Å². The molecular weight excluding hydrogens is 849 g/mol. The van der Waals surface area contributed by atoms with Crippen LogP contribution in [0.2, 0.25) is 0 Å². The van der Waals surface area contributed by atoms with E-state index >= 15 is 0 Å². The van der Waals surface area contributed by atoms with Gasteiger partial charge in [-0.3, -0.25) is 0 Å². The Morgan fingerprint density at radius 1 is 0.927 bits per heavy atom. The van der Waals surface area contributed by atoms with Crippen molar-refractivity contribution in [3.8, 4) is 11.5 Å². The lowest BCUT2D eigenvalue weighted by molar-refractivity contribution is 0.0509. The molecule has 0 saturated carbocycles. The molecule has 1 aliphatic heterocycles. The molecule has 3 rings (SSSR count). The van der Waals surface area contributed by atoms with Crippen LogP contribution in [0.1, 0.15) is 126 Å². The van der Waals surface area contributed by atoms with Gasteiger partial charge >= 0.3 is 5.97 Å². The first-order valence-corrected chi connectivity index (χ1v) is 18.7. The molecular formula is C35H49I3O3. The van der Waals surface area contributed by atoms with Gasteiger partial charge in [-0.15, -0.1) is 0 Å². The van der Waals surface area contributed by atoms with Crippen LogP contribution in [-0.4, -0.2) is 11.6 Å². The monoisotopic (exact) mass is 898 g/mol. The maximum absolute atomic E-state index is 13.1. The summed E-state index contributed by atoms with van der Waals surface area (Å²) in [4.78, 5) is 13.1. The fourth-order valence-corrected chi connectivity index (χ4v) is 8.38. The summed E-state index contributed by atoms with van der Waals surface area (Å²) in [6, 6.07) is 5.95. The van der Waals surface area contributed by atoms with Crippen LogP contribution in [0.4, 0.5) is 0 Å². The zero-order chi connectivity index (χ0) is 30.3. The first-order valence-electron chi connectivity index (χ1n) is 15.5. The molecule has 0 aromatic heterocycles. The normalized spacial score (nSPS) is 18.1. The Morgan fingerprint density at radius 3 is 2.17 bits per heavy atom. The van der Waals surface area contributed by atoms with Crippen LogP contribution >= 0.6 is 67.8 Å². The van der Waals surface area contributed by atoms with Crippen LogP contribution in [0.3, 0.4) is 0 Å². The standard InChI is InChI=1S/C35H49I3O3/c1-22(2)11-8-12-23(3)13-9-14-24(4)15-10-17-35(7)18-16-28-26(6)31(19-25(5)33(28)41-35)40-34(39)29-20-27(36)21-30(37)32(29)38/h19-24H,8-18H2,1-7H3. The molecule has 0 amide bonds. The number of esters is 1. The molecule has 2 aromatic carbocycles. The van der Waals surface area contributed by atoms with Gasteiger partial charge in [0.1, 0.15) is 17.1 Å². The molecule has 0 saturated heterocycles. The second-order valence-electron chi connectivity index (χ2n) is 13.2. The molecule has 0 spiro atoms. The second kappa shape index (κ2) is 16.3. The number of carbonyl (C=O) groups is 1. The molecule has 3 nitrogen and oxygen atoms in total. The van der Waals surface area contributed by atoms with Crippen LogP contribution in [-0.2, 0) is 6.42 Å². The van der Waals surface area contributed by atoms with Gasteiger partial charge in [0.2, 0.25) is 0 Å². The summed E-state index contributed by atoms with van der Waals surface area (Å²) in [6.07, 6.45) is 13.7. The zero-order valence-corrected chi connectivity index (χ0v) is 32.6. The maximum Gasteiger partial charge on any atom is 0.344 e. The largest absolute Gasteiger partial charge is 0.487 e. The Labute approximate surface area is 290 Å². The molecule has 2 aromatic rings. The minimum Gasteiger partial charge on any atom is -0.487 e. The predicted octanol–water partition coefficient (Wildman–Crippen LogP) is 11.9. The van der Waals surface area contributed by atoms with Gasteiger partial charge in [0, 0.05) is 16.3 Å². The lowest BCUT2D eigenvalue weighted by Crippen LogP contribution is -2.37. The third kappa shape index (κ3) is 10.5. The Kier molecular flexibility index (Phi) is 14.0. The van der Waals surface area contributed by atoms with E-state index in [1.54, 1.807) is 0 Å². The molecule has 0 radical (unpaired) electrons. The van der Waals surface area contributed by atoms with E-state index in [1.165, 1.54) is 56.9 Å². The molecule has 41 heavy (non-hydrogen) atoms. The number of aryl methyl sites for hydroxylation is 1. The van der Waals surface area contributed by atoms with Crippen LogP contribution in [0.15, 0.2) is 18.2 Å². The third-order valence-corrected chi connectivity index (χ3v) is 12.4. The van der Waals surface area contributed by atoms with E-state index in [2.05, 4.69) is 122 Å². The molecule has 0 fully saturated rings. The summed E-state index contributed by atoms with van der Waals surface area (Å²) >= 11 is 6.75. The van der Waals surface area contributed by atoms with Crippen LogP contribution in [0.25, 0.3) is 0 Å². The number of hydrogen-bond acceptors (Lipinski definition) is 3. The average molecular weight is 898 g/mol. The number of halogens is 3. The van der Waals surface area contributed by atoms with Gasteiger partial charge in [0.15, 0.2) is 0 Å². The molecule has 3 unspecified atom stereocenters. The fraction of sp³-hybridized carbons (Fsp3) is 0.629. The first-order chi connectivity index (χ1) is 19.3. The lowest BCUT2D eigenvalue weighted by Gasteiger charge is -2.38. The van der Waals surface area contributed by atoms with Crippen LogP contribution in [0.5, 0.6) is 11.5 Å². The van der Waals surface area contributed by atoms with E-state index in [0.29, 0.717) is 11.3 Å². The van der Waals surface area contributed by atoms with E-state index in [4.69, 9.17) is 9.47 Å². The topological polar surface area (TPSA) is 35.5 Å².